The molecule has 0 saturated heterocycles. The van der Waals surface area contributed by atoms with Crippen LogP contribution in [0.5, 0.6) is 17.2 Å². The van der Waals surface area contributed by atoms with Gasteiger partial charge >= 0.3 is 0 Å². The summed E-state index contributed by atoms with van der Waals surface area (Å²) in [5.41, 5.74) is 3.18. The molecule has 3 aromatic carbocycles. The second kappa shape index (κ2) is 23.0. The summed E-state index contributed by atoms with van der Waals surface area (Å²) in [6.45, 7) is 6.29. The monoisotopic (exact) mass is 610 g/mol. The molecule has 0 N–H and O–H groups in total. The molecule has 3 rings (SSSR count). The summed E-state index contributed by atoms with van der Waals surface area (Å²) in [4.78, 5) is 0. The van der Waals surface area contributed by atoms with Gasteiger partial charge in [-0.15, -0.1) is 0 Å². The van der Waals surface area contributed by atoms with Crippen LogP contribution in [-0.4, -0.2) is 93.5 Å². The van der Waals surface area contributed by atoms with Crippen molar-refractivity contribution in [2.45, 2.75) is 6.61 Å². The lowest BCUT2D eigenvalue weighted by atomic mass is 10.1. The van der Waals surface area contributed by atoms with Crippen molar-refractivity contribution < 1.29 is 42.6 Å². The van der Waals surface area contributed by atoms with E-state index in [1.54, 1.807) is 14.2 Å². The third kappa shape index (κ3) is 15.9. The quantitative estimate of drug-likeness (QED) is 0.0906. The van der Waals surface area contributed by atoms with E-state index in [0.717, 1.165) is 22.4 Å². The molecule has 0 aliphatic carbocycles. The average Bonchev–Trinajstić information content (AvgIpc) is 3.06. The van der Waals surface area contributed by atoms with Crippen LogP contribution in [0.2, 0.25) is 0 Å². The minimum atomic E-state index is 0.359. The molecule has 0 aliphatic heterocycles. The second-order valence-electron chi connectivity index (χ2n) is 9.55. The standard InChI is InChI=1S/C35H46O9/c1-36-14-16-38-18-20-40-22-24-42-34-26-32(27-35(28-34)43-25-23-41-21-19-39-17-15-37-2)29-44-33-12-10-31(11-13-33)9-8-30-6-4-3-5-7-30/h3-13,26-28H,14-25,29H2,1-2H3/b9-8+. The third-order valence-corrected chi connectivity index (χ3v) is 6.09. The minimum absolute atomic E-state index is 0.359. The maximum Gasteiger partial charge on any atom is 0.123 e. The van der Waals surface area contributed by atoms with E-state index in [4.69, 9.17) is 42.6 Å². The Kier molecular flexibility index (Phi) is 18.3. The molecule has 0 saturated carbocycles. The summed E-state index contributed by atoms with van der Waals surface area (Å²) in [5, 5.41) is 0. The Labute approximate surface area is 261 Å². The fourth-order valence-corrected chi connectivity index (χ4v) is 3.84. The van der Waals surface area contributed by atoms with Crippen molar-refractivity contribution in [3.05, 3.63) is 89.5 Å². The molecule has 0 amide bonds. The summed E-state index contributed by atoms with van der Waals surface area (Å²) < 4.78 is 50.0. The molecule has 0 aromatic heterocycles. The van der Waals surface area contributed by atoms with Crippen molar-refractivity contribution in [3.8, 4) is 17.2 Å². The summed E-state index contributed by atoms with van der Waals surface area (Å²) >= 11 is 0. The van der Waals surface area contributed by atoms with Crippen LogP contribution in [0.1, 0.15) is 16.7 Å². The first-order valence-corrected chi connectivity index (χ1v) is 14.9. The van der Waals surface area contributed by atoms with Gasteiger partial charge in [-0.1, -0.05) is 54.6 Å². The normalized spacial score (nSPS) is 11.2. The number of methoxy groups -OCH3 is 2. The van der Waals surface area contributed by atoms with Crippen LogP contribution < -0.4 is 14.2 Å². The predicted octanol–water partition coefficient (Wildman–Crippen LogP) is 5.55. The fraction of sp³-hybridized carbons (Fsp3) is 0.429. The molecule has 0 atom stereocenters. The molecule has 0 aliphatic rings. The summed E-state index contributed by atoms with van der Waals surface area (Å²) in [5.74, 6) is 2.13. The van der Waals surface area contributed by atoms with Crippen LogP contribution in [0.25, 0.3) is 12.2 Å². The Morgan fingerprint density at radius 3 is 1.39 bits per heavy atom. The number of benzene rings is 3. The molecular formula is C35H46O9. The third-order valence-electron chi connectivity index (χ3n) is 6.09. The number of hydrogen-bond donors (Lipinski definition) is 0. The van der Waals surface area contributed by atoms with Gasteiger partial charge in [-0.2, -0.15) is 0 Å². The summed E-state index contributed by atoms with van der Waals surface area (Å²) in [6.07, 6.45) is 4.17. The zero-order valence-electron chi connectivity index (χ0n) is 25.9. The lowest BCUT2D eigenvalue weighted by Crippen LogP contribution is -2.13. The SMILES string of the molecule is COCCOCCOCCOc1cc(COc2ccc(/C=C/c3ccccc3)cc2)cc(OCCOCCOCCOC)c1. The zero-order chi connectivity index (χ0) is 30.9. The van der Waals surface area contributed by atoms with E-state index >= 15 is 0 Å². The smallest absolute Gasteiger partial charge is 0.123 e. The zero-order valence-corrected chi connectivity index (χ0v) is 25.9. The molecule has 9 nitrogen and oxygen atoms in total. The highest BCUT2D eigenvalue weighted by Crippen LogP contribution is 2.25. The van der Waals surface area contributed by atoms with E-state index < -0.39 is 0 Å². The topological polar surface area (TPSA) is 83.1 Å². The van der Waals surface area contributed by atoms with Crippen LogP contribution in [0.15, 0.2) is 72.8 Å². The van der Waals surface area contributed by atoms with Crippen molar-refractivity contribution >= 4 is 12.2 Å². The van der Waals surface area contributed by atoms with Gasteiger partial charge in [-0.05, 0) is 41.0 Å². The van der Waals surface area contributed by atoms with Gasteiger partial charge in [0.15, 0.2) is 0 Å². The minimum Gasteiger partial charge on any atom is -0.491 e. The first kappa shape index (κ1) is 35.0. The first-order valence-electron chi connectivity index (χ1n) is 14.9. The number of ether oxygens (including phenoxy) is 9. The van der Waals surface area contributed by atoms with Gasteiger partial charge in [-0.3, -0.25) is 0 Å². The molecule has 0 unspecified atom stereocenters. The summed E-state index contributed by atoms with van der Waals surface area (Å²) in [6, 6.07) is 24.0. The lowest BCUT2D eigenvalue weighted by Gasteiger charge is -2.14. The van der Waals surface area contributed by atoms with Gasteiger partial charge in [0.25, 0.3) is 0 Å². The van der Waals surface area contributed by atoms with E-state index in [2.05, 4.69) is 24.3 Å². The number of hydrogen-bond acceptors (Lipinski definition) is 9. The van der Waals surface area contributed by atoms with E-state index in [0.29, 0.717) is 97.4 Å². The Morgan fingerprint density at radius 2 is 0.886 bits per heavy atom. The van der Waals surface area contributed by atoms with Crippen LogP contribution in [0, 0.1) is 0 Å². The van der Waals surface area contributed by atoms with Gasteiger partial charge < -0.3 is 42.6 Å². The second-order valence-corrected chi connectivity index (χ2v) is 9.55. The maximum absolute atomic E-state index is 6.09. The van der Waals surface area contributed by atoms with Crippen LogP contribution in [-0.2, 0) is 35.0 Å². The van der Waals surface area contributed by atoms with Gasteiger partial charge in [-0.25, -0.2) is 0 Å². The molecular weight excluding hydrogens is 564 g/mol. The van der Waals surface area contributed by atoms with E-state index in [9.17, 15) is 0 Å². The molecule has 9 heteroatoms. The van der Waals surface area contributed by atoms with Crippen LogP contribution >= 0.6 is 0 Å². The van der Waals surface area contributed by atoms with Gasteiger partial charge in [0.05, 0.1) is 66.1 Å². The van der Waals surface area contributed by atoms with E-state index in [1.165, 1.54) is 0 Å². The van der Waals surface area contributed by atoms with Crippen molar-refractivity contribution in [1.29, 1.82) is 0 Å². The van der Waals surface area contributed by atoms with Gasteiger partial charge in [0.2, 0.25) is 0 Å². The molecule has 240 valence electrons. The highest BCUT2D eigenvalue weighted by atomic mass is 16.6. The molecule has 0 bridgehead atoms. The fourth-order valence-electron chi connectivity index (χ4n) is 3.84. The van der Waals surface area contributed by atoms with Crippen molar-refractivity contribution in [3.63, 3.8) is 0 Å². The Balaban J connectivity index is 1.48. The molecule has 0 fully saturated rings. The van der Waals surface area contributed by atoms with E-state index in [-0.39, 0.29) is 0 Å². The van der Waals surface area contributed by atoms with Gasteiger partial charge in [0, 0.05) is 20.3 Å². The first-order chi connectivity index (χ1) is 21.8. The lowest BCUT2D eigenvalue weighted by molar-refractivity contribution is 0.0174. The van der Waals surface area contributed by atoms with Crippen molar-refractivity contribution in [1.82, 2.24) is 0 Å². The maximum atomic E-state index is 6.09. The highest BCUT2D eigenvalue weighted by Gasteiger charge is 2.06. The van der Waals surface area contributed by atoms with Crippen LogP contribution in [0.4, 0.5) is 0 Å². The number of rotatable bonds is 25. The molecule has 44 heavy (non-hydrogen) atoms. The Bertz CT molecular complexity index is 1110. The highest BCUT2D eigenvalue weighted by molar-refractivity contribution is 5.69. The van der Waals surface area contributed by atoms with Crippen LogP contribution in [0.3, 0.4) is 0 Å². The predicted molar refractivity (Wildman–Crippen MR) is 171 cm³/mol. The largest absolute Gasteiger partial charge is 0.491 e. The molecule has 0 radical (unpaired) electrons. The van der Waals surface area contributed by atoms with Gasteiger partial charge in [0.1, 0.15) is 37.1 Å². The summed E-state index contributed by atoms with van der Waals surface area (Å²) in [7, 11) is 3.29. The van der Waals surface area contributed by atoms with E-state index in [1.807, 2.05) is 60.7 Å². The molecule has 0 heterocycles. The molecule has 3 aromatic rings. The Morgan fingerprint density at radius 1 is 0.432 bits per heavy atom. The molecule has 0 spiro atoms. The average molecular weight is 611 g/mol. The Hall–Kier alpha value is -3.44. The van der Waals surface area contributed by atoms with Crippen molar-refractivity contribution in [2.75, 3.05) is 93.5 Å². The van der Waals surface area contributed by atoms with Crippen molar-refractivity contribution in [2.24, 2.45) is 0 Å².